The highest BCUT2D eigenvalue weighted by Crippen LogP contribution is 2.33. The summed E-state index contributed by atoms with van der Waals surface area (Å²) in [5, 5.41) is 16.1. The molecule has 0 radical (unpaired) electrons. The van der Waals surface area contributed by atoms with Gasteiger partial charge in [0.05, 0.1) is 139 Å². The van der Waals surface area contributed by atoms with Gasteiger partial charge in [0.1, 0.15) is 68.6 Å². The molecule has 3 aliphatic heterocycles. The molecule has 776 valence electrons. The van der Waals surface area contributed by atoms with E-state index < -0.39 is 206 Å². The zero-order valence-corrected chi connectivity index (χ0v) is 80.1. The third kappa shape index (κ3) is 53.0. The molecule has 6 N–H and O–H groups in total. The number of rotatable bonds is 71. The lowest BCUT2D eigenvalue weighted by atomic mass is 9.84. The van der Waals surface area contributed by atoms with E-state index in [4.69, 9.17) is 118 Å². The first-order valence-corrected chi connectivity index (χ1v) is 45.2. The van der Waals surface area contributed by atoms with E-state index in [-0.39, 0.29) is 215 Å². The molecule has 3 saturated heterocycles. The first kappa shape index (κ1) is 119. The average Bonchev–Trinajstić information content (AvgIpc) is 0.793. The van der Waals surface area contributed by atoms with E-state index in [2.05, 4.69) is 31.9 Å². The molecule has 4 rings (SSSR count). The number of Topliss-reactive ketones (excluding diaryl/α,β-unsaturated/α-hetero) is 1. The first-order chi connectivity index (χ1) is 65.4. The van der Waals surface area contributed by atoms with Gasteiger partial charge in [-0.05, 0) is 18.4 Å². The van der Waals surface area contributed by atoms with E-state index in [1.165, 1.54) is 20.8 Å². The summed E-state index contributed by atoms with van der Waals surface area (Å²) in [6.45, 7) is 12.0. The van der Waals surface area contributed by atoms with Crippen LogP contribution in [0.1, 0.15) is 153 Å². The minimum Gasteiger partial charge on any atom is -0.463 e. The second kappa shape index (κ2) is 68.8. The number of esters is 10. The smallest absolute Gasteiger partial charge is 0.306 e. The summed E-state index contributed by atoms with van der Waals surface area (Å²) in [5.41, 5.74) is -0.409. The number of hydrogen-bond donors (Lipinski definition) is 6. The molecule has 0 aromatic heterocycles. The molecule has 0 saturated carbocycles. The van der Waals surface area contributed by atoms with Gasteiger partial charge in [0.15, 0.2) is 55.5 Å². The maximum Gasteiger partial charge on any atom is 0.306 e. The molecule has 3 heterocycles. The van der Waals surface area contributed by atoms with Crippen molar-refractivity contribution < 1.29 is 200 Å². The summed E-state index contributed by atoms with van der Waals surface area (Å²) in [5.74, 6) is -10.1. The van der Waals surface area contributed by atoms with Crippen LogP contribution in [0.2, 0.25) is 0 Å². The Morgan fingerprint density at radius 3 is 0.876 bits per heavy atom. The third-order valence-electron chi connectivity index (χ3n) is 19.6. The quantitative estimate of drug-likeness (QED) is 0.0277. The molecular weight excluding hydrogens is 1820 g/mol. The number of carbonyl (C=O) groups excluding carboxylic acids is 17. The molecule has 3 fully saturated rings. The summed E-state index contributed by atoms with van der Waals surface area (Å²) < 4.78 is 142. The second-order valence-corrected chi connectivity index (χ2v) is 31.7. The molecular formula is C89H138N6O42. The van der Waals surface area contributed by atoms with Crippen LogP contribution < -0.4 is 31.9 Å². The number of ketones is 1. The number of hydrogen-bond acceptors (Lipinski definition) is 42. The van der Waals surface area contributed by atoms with Crippen LogP contribution in [0.25, 0.3) is 0 Å². The van der Waals surface area contributed by atoms with Gasteiger partial charge in [-0.15, -0.1) is 0 Å². The van der Waals surface area contributed by atoms with E-state index >= 15 is 0 Å². The molecule has 137 heavy (non-hydrogen) atoms. The maximum absolute atomic E-state index is 14.2. The topological polar surface area (TPSA) is 593 Å². The highest BCUT2D eigenvalue weighted by atomic mass is 16.7. The molecule has 3 aliphatic rings. The first-order valence-electron chi connectivity index (χ1n) is 45.2. The van der Waals surface area contributed by atoms with Gasteiger partial charge in [-0.2, -0.15) is 0 Å². The number of ether oxygens (including phenoxy) is 25. The largest absolute Gasteiger partial charge is 0.463 e. The third-order valence-corrected chi connectivity index (χ3v) is 19.6. The fraction of sp³-hybridized carbons (Fsp3) is 0.742. The highest BCUT2D eigenvalue weighted by Gasteiger charge is 2.55. The van der Waals surface area contributed by atoms with E-state index in [1.807, 2.05) is 30.3 Å². The Labute approximate surface area is 795 Å². The molecule has 0 spiro atoms. The van der Waals surface area contributed by atoms with E-state index in [0.717, 1.165) is 67.9 Å². The van der Waals surface area contributed by atoms with Gasteiger partial charge >= 0.3 is 59.7 Å². The van der Waals surface area contributed by atoms with Crippen LogP contribution in [0.3, 0.4) is 0 Å². The molecule has 48 heteroatoms. The predicted octanol–water partition coefficient (Wildman–Crippen LogP) is -0.298. The Morgan fingerprint density at radius 2 is 0.584 bits per heavy atom. The standard InChI is InChI=1S/C89H138N6O42/c1-56(96)93-77-83(132-65(10)105)80(129-62(7)102)70(50-125-59(4)99)135-86(77)122-45-42-116-39-36-113-33-27-90-73(109)24-30-119-53-89(48-69(108)22-18-13-14-19-23-76(112)128-49-68-20-16-15-17-21-68,54-120-31-25-74(110)91-28-34-114-37-40-117-43-46-123-87-78(94-57(2)97)84(133-66(11)106)81(130-63(8)103)71(136-87)51-126-60(5)100)55-121-32-26-75(111)92-29-35-115-38-41-118-44-47-124-88-79(95-58(3)98)85(134-67(12)107)82(131-64(9)104)72(137-88)52-127-61(6)101/h15-17,20-21,70-72,77-88H,13-14,18-19,22-55H2,1-12H3,(H,90,109)(H,91,110)(H,92,111)(H,93,96)(H,94,97)(H,95,98). The van der Waals surface area contributed by atoms with Gasteiger partial charge in [0.2, 0.25) is 35.4 Å². The Kier molecular flexibility index (Phi) is 59.8. The van der Waals surface area contributed by atoms with Crippen molar-refractivity contribution in [3.8, 4) is 0 Å². The molecule has 15 unspecified atom stereocenters. The van der Waals surface area contributed by atoms with Crippen molar-refractivity contribution in [1.29, 1.82) is 0 Å². The van der Waals surface area contributed by atoms with E-state index in [1.54, 1.807) is 0 Å². The van der Waals surface area contributed by atoms with Crippen molar-refractivity contribution in [2.45, 2.75) is 246 Å². The van der Waals surface area contributed by atoms with Crippen LogP contribution in [-0.2, 0) is 207 Å². The van der Waals surface area contributed by atoms with Crippen LogP contribution in [0.5, 0.6) is 0 Å². The molecule has 15 atom stereocenters. The lowest BCUT2D eigenvalue weighted by molar-refractivity contribution is -0.279. The average molecular weight is 1960 g/mol. The molecule has 0 aliphatic carbocycles. The molecule has 0 bridgehead atoms. The van der Waals surface area contributed by atoms with Gasteiger partial charge in [0.25, 0.3) is 0 Å². The Hall–Kier alpha value is -10.2. The van der Waals surface area contributed by atoms with Gasteiger partial charge in [0, 0.05) is 147 Å². The summed E-state index contributed by atoms with van der Waals surface area (Å²) in [6.07, 6.45) is -13.4. The number of nitrogens with one attached hydrogen (secondary N) is 6. The minimum atomic E-state index is -1.32. The number of amides is 6. The Bertz CT molecular complexity index is 3550. The summed E-state index contributed by atoms with van der Waals surface area (Å²) >= 11 is 0. The van der Waals surface area contributed by atoms with Gasteiger partial charge in [-0.25, -0.2) is 0 Å². The van der Waals surface area contributed by atoms with Gasteiger partial charge in [-0.1, -0.05) is 43.2 Å². The molecule has 1 aromatic rings. The van der Waals surface area contributed by atoms with E-state index in [0.29, 0.717) is 25.7 Å². The predicted molar refractivity (Wildman–Crippen MR) is 466 cm³/mol. The van der Waals surface area contributed by atoms with Gasteiger partial charge < -0.3 is 150 Å². The van der Waals surface area contributed by atoms with Crippen LogP contribution in [0.4, 0.5) is 0 Å². The SMILES string of the molecule is CC(=O)NC1C(OCCOCCOCCNC(=O)CCOCC(COCCC(=O)NCCOCCOCCOC2OC(COC(C)=O)C(OC(C)=O)C(OC(C)=O)C2NC(C)=O)(COCCC(=O)NCCOCCOCCOC2OC(COC(C)=O)C(OC(C)=O)C(OC(C)=O)C2NC(C)=O)CC(=O)CCCCCCC(=O)OCc2ccccc2)OC(COC(C)=O)C(OC(C)=O)C1OC(C)=O. The summed E-state index contributed by atoms with van der Waals surface area (Å²) in [4.78, 5) is 212. The number of benzene rings is 1. The zero-order valence-electron chi connectivity index (χ0n) is 80.1. The van der Waals surface area contributed by atoms with Crippen molar-refractivity contribution in [3.63, 3.8) is 0 Å². The number of carbonyl (C=O) groups is 17. The Balaban J connectivity index is 1.37. The fourth-order valence-electron chi connectivity index (χ4n) is 13.9. The zero-order chi connectivity index (χ0) is 101. The van der Waals surface area contributed by atoms with Crippen LogP contribution in [-0.4, -0.2) is 371 Å². The van der Waals surface area contributed by atoms with Crippen molar-refractivity contribution in [3.05, 3.63) is 35.9 Å². The Morgan fingerprint density at radius 1 is 0.299 bits per heavy atom. The van der Waals surface area contributed by atoms with Crippen LogP contribution in [0, 0.1) is 5.41 Å². The molecule has 48 nitrogen and oxygen atoms in total. The lowest BCUT2D eigenvalue weighted by Crippen LogP contribution is -2.66. The maximum atomic E-state index is 14.2. The molecule has 6 amide bonds. The highest BCUT2D eigenvalue weighted by molar-refractivity contribution is 5.80. The minimum absolute atomic E-state index is 0.0255. The van der Waals surface area contributed by atoms with Gasteiger partial charge in [-0.3, -0.25) is 81.5 Å². The normalized spacial score (nSPS) is 21.5. The van der Waals surface area contributed by atoms with Crippen molar-refractivity contribution in [2.24, 2.45) is 5.41 Å². The summed E-state index contributed by atoms with van der Waals surface area (Å²) in [6, 6.07) is 5.70. The van der Waals surface area contributed by atoms with Crippen LogP contribution in [0.15, 0.2) is 30.3 Å². The number of unbranched alkanes of at least 4 members (excludes halogenated alkanes) is 3. The fourth-order valence-corrected chi connectivity index (χ4v) is 13.9. The van der Waals surface area contributed by atoms with Crippen LogP contribution >= 0.6 is 0 Å². The van der Waals surface area contributed by atoms with Crippen molar-refractivity contribution in [2.75, 3.05) is 178 Å². The molecule has 1 aromatic carbocycles. The van der Waals surface area contributed by atoms with Crippen molar-refractivity contribution in [1.82, 2.24) is 31.9 Å². The van der Waals surface area contributed by atoms with E-state index in [9.17, 15) is 81.5 Å². The second-order valence-electron chi connectivity index (χ2n) is 31.7. The lowest BCUT2D eigenvalue weighted by Gasteiger charge is -2.44. The monoisotopic (exact) mass is 1960 g/mol. The summed E-state index contributed by atoms with van der Waals surface area (Å²) in [7, 11) is 0. The van der Waals surface area contributed by atoms with Crippen molar-refractivity contribution >= 4 is 101 Å².